The molecule has 0 aliphatic rings. The van der Waals surface area contributed by atoms with Crippen molar-refractivity contribution < 1.29 is 0 Å². The van der Waals surface area contributed by atoms with Gasteiger partial charge in [-0.1, -0.05) is 29.3 Å². The summed E-state index contributed by atoms with van der Waals surface area (Å²) < 4.78 is 0. The standard InChI is InChI=1S/C9H20BrN3/c1-6-7-8(10)13(5)9(11-2)12(3)4/h8H,6-7H2,1-5H3. The van der Waals surface area contributed by atoms with E-state index in [0.717, 1.165) is 12.4 Å². The Bertz CT molecular complexity index is 168. The van der Waals surface area contributed by atoms with Crippen LogP contribution in [0.1, 0.15) is 19.8 Å². The molecular formula is C9H20BrN3. The van der Waals surface area contributed by atoms with E-state index in [0.29, 0.717) is 4.95 Å². The van der Waals surface area contributed by atoms with Gasteiger partial charge < -0.3 is 9.80 Å². The van der Waals surface area contributed by atoms with E-state index in [-0.39, 0.29) is 0 Å². The summed E-state index contributed by atoms with van der Waals surface area (Å²) in [6, 6.07) is 0. The number of rotatable bonds is 3. The molecule has 4 heteroatoms. The minimum Gasteiger partial charge on any atom is -0.349 e. The van der Waals surface area contributed by atoms with Gasteiger partial charge in [0.2, 0.25) is 0 Å². The van der Waals surface area contributed by atoms with Gasteiger partial charge >= 0.3 is 0 Å². The molecule has 0 saturated heterocycles. The molecule has 0 radical (unpaired) electrons. The Morgan fingerprint density at radius 3 is 2.23 bits per heavy atom. The lowest BCUT2D eigenvalue weighted by Gasteiger charge is -2.30. The number of nitrogens with zero attached hydrogens (tertiary/aromatic N) is 3. The summed E-state index contributed by atoms with van der Waals surface area (Å²) in [5.74, 6) is 0.996. The lowest BCUT2D eigenvalue weighted by atomic mass is 10.3. The number of aliphatic imine (C=N–C) groups is 1. The van der Waals surface area contributed by atoms with Crippen molar-refractivity contribution >= 4 is 21.9 Å². The zero-order valence-electron chi connectivity index (χ0n) is 9.21. The number of hydrogen-bond donors (Lipinski definition) is 0. The van der Waals surface area contributed by atoms with Gasteiger partial charge in [0.25, 0.3) is 0 Å². The molecule has 0 rings (SSSR count). The van der Waals surface area contributed by atoms with E-state index in [1.807, 2.05) is 26.0 Å². The van der Waals surface area contributed by atoms with Gasteiger partial charge in [-0.2, -0.15) is 0 Å². The van der Waals surface area contributed by atoms with Crippen molar-refractivity contribution in [3.63, 3.8) is 0 Å². The minimum absolute atomic E-state index is 0.374. The lowest BCUT2D eigenvalue weighted by Crippen LogP contribution is -2.41. The maximum atomic E-state index is 4.23. The van der Waals surface area contributed by atoms with Crippen LogP contribution in [0.15, 0.2) is 4.99 Å². The third-order valence-corrected chi connectivity index (χ3v) is 2.93. The van der Waals surface area contributed by atoms with Crippen molar-refractivity contribution in [3.05, 3.63) is 0 Å². The molecule has 0 saturated carbocycles. The van der Waals surface area contributed by atoms with Crippen molar-refractivity contribution in [2.24, 2.45) is 4.99 Å². The highest BCUT2D eigenvalue weighted by Gasteiger charge is 2.14. The van der Waals surface area contributed by atoms with Crippen LogP contribution in [-0.2, 0) is 0 Å². The van der Waals surface area contributed by atoms with Gasteiger partial charge in [-0.3, -0.25) is 4.99 Å². The Morgan fingerprint density at radius 2 is 1.92 bits per heavy atom. The Labute approximate surface area is 89.9 Å². The van der Waals surface area contributed by atoms with E-state index >= 15 is 0 Å². The first-order valence-corrected chi connectivity index (χ1v) is 5.47. The molecule has 0 aromatic carbocycles. The van der Waals surface area contributed by atoms with Gasteiger partial charge in [-0.25, -0.2) is 0 Å². The van der Waals surface area contributed by atoms with Crippen molar-refractivity contribution in [3.8, 4) is 0 Å². The number of halogens is 1. The smallest absolute Gasteiger partial charge is 0.196 e. The summed E-state index contributed by atoms with van der Waals surface area (Å²) in [7, 11) is 7.88. The fourth-order valence-electron chi connectivity index (χ4n) is 1.23. The highest BCUT2D eigenvalue weighted by atomic mass is 79.9. The zero-order valence-corrected chi connectivity index (χ0v) is 10.8. The largest absolute Gasteiger partial charge is 0.349 e. The van der Waals surface area contributed by atoms with Crippen LogP contribution in [0, 0.1) is 0 Å². The highest BCUT2D eigenvalue weighted by molar-refractivity contribution is 9.09. The molecule has 0 aromatic rings. The van der Waals surface area contributed by atoms with Gasteiger partial charge in [0.05, 0.1) is 4.95 Å². The van der Waals surface area contributed by atoms with Crippen LogP contribution in [0.25, 0.3) is 0 Å². The Hall–Kier alpha value is -0.250. The van der Waals surface area contributed by atoms with Crippen molar-refractivity contribution in [1.82, 2.24) is 9.80 Å². The first-order valence-electron chi connectivity index (χ1n) is 4.55. The fraction of sp³-hybridized carbons (Fsp3) is 0.889. The van der Waals surface area contributed by atoms with E-state index in [2.05, 4.69) is 39.8 Å². The van der Waals surface area contributed by atoms with Crippen molar-refractivity contribution in [1.29, 1.82) is 0 Å². The van der Waals surface area contributed by atoms with E-state index in [9.17, 15) is 0 Å². The van der Waals surface area contributed by atoms with Gasteiger partial charge in [-0.15, -0.1) is 0 Å². The fourth-order valence-corrected chi connectivity index (χ4v) is 1.87. The third kappa shape index (κ3) is 3.98. The maximum Gasteiger partial charge on any atom is 0.196 e. The molecule has 1 atom stereocenters. The van der Waals surface area contributed by atoms with Crippen LogP contribution in [0.3, 0.4) is 0 Å². The summed E-state index contributed by atoms with van der Waals surface area (Å²) >= 11 is 3.63. The molecule has 0 aliphatic carbocycles. The van der Waals surface area contributed by atoms with Crippen LogP contribution in [0.2, 0.25) is 0 Å². The normalized spacial score (nSPS) is 14.2. The summed E-state index contributed by atoms with van der Waals surface area (Å²) in [6.45, 7) is 2.18. The van der Waals surface area contributed by atoms with E-state index < -0.39 is 0 Å². The highest BCUT2D eigenvalue weighted by Crippen LogP contribution is 2.12. The number of hydrogen-bond acceptors (Lipinski definition) is 1. The second-order valence-corrected chi connectivity index (χ2v) is 4.31. The average Bonchev–Trinajstić information content (AvgIpc) is 2.05. The van der Waals surface area contributed by atoms with Gasteiger partial charge in [-0.05, 0) is 6.42 Å². The SMILES string of the molecule is CCCC(Br)N(C)C(=NC)N(C)C. The second kappa shape index (κ2) is 6.24. The van der Waals surface area contributed by atoms with Crippen LogP contribution >= 0.6 is 15.9 Å². The molecule has 78 valence electrons. The zero-order chi connectivity index (χ0) is 10.4. The predicted octanol–water partition coefficient (Wildman–Crippen LogP) is 1.99. The Balaban J connectivity index is 4.29. The lowest BCUT2D eigenvalue weighted by molar-refractivity contribution is 0.394. The minimum atomic E-state index is 0.374. The first kappa shape index (κ1) is 12.8. The Kier molecular flexibility index (Phi) is 6.12. The Morgan fingerprint density at radius 1 is 1.38 bits per heavy atom. The number of guanidine groups is 1. The van der Waals surface area contributed by atoms with Crippen LogP contribution in [-0.4, -0.2) is 48.9 Å². The van der Waals surface area contributed by atoms with Gasteiger partial charge in [0.15, 0.2) is 5.96 Å². The quantitative estimate of drug-likeness (QED) is 0.330. The molecule has 0 bridgehead atoms. The molecule has 0 amide bonds. The second-order valence-electron chi connectivity index (χ2n) is 3.25. The molecule has 0 fully saturated rings. The topological polar surface area (TPSA) is 18.8 Å². The molecule has 0 heterocycles. The molecule has 0 aliphatic heterocycles. The van der Waals surface area contributed by atoms with Crippen molar-refractivity contribution in [2.45, 2.75) is 24.7 Å². The van der Waals surface area contributed by atoms with Gasteiger partial charge in [0.1, 0.15) is 0 Å². The predicted molar refractivity (Wildman–Crippen MR) is 62.4 cm³/mol. The molecule has 0 N–H and O–H groups in total. The number of alkyl halides is 1. The molecular weight excluding hydrogens is 230 g/mol. The molecule has 0 aromatic heterocycles. The van der Waals surface area contributed by atoms with Crippen molar-refractivity contribution in [2.75, 3.05) is 28.2 Å². The van der Waals surface area contributed by atoms with E-state index in [1.54, 1.807) is 0 Å². The molecule has 3 nitrogen and oxygen atoms in total. The summed E-state index contributed by atoms with van der Waals surface area (Å²) in [5, 5.41) is 0. The van der Waals surface area contributed by atoms with Gasteiger partial charge in [0, 0.05) is 28.2 Å². The summed E-state index contributed by atoms with van der Waals surface area (Å²) in [4.78, 5) is 8.76. The monoisotopic (exact) mass is 249 g/mol. The average molecular weight is 250 g/mol. The summed E-state index contributed by atoms with van der Waals surface area (Å²) in [6.07, 6.45) is 2.30. The molecule has 0 spiro atoms. The van der Waals surface area contributed by atoms with Crippen LogP contribution < -0.4 is 0 Å². The summed E-state index contributed by atoms with van der Waals surface area (Å²) in [5.41, 5.74) is 0. The molecule has 13 heavy (non-hydrogen) atoms. The van der Waals surface area contributed by atoms with E-state index in [1.165, 1.54) is 6.42 Å². The third-order valence-electron chi connectivity index (χ3n) is 1.86. The van der Waals surface area contributed by atoms with Crippen LogP contribution in [0.4, 0.5) is 0 Å². The maximum absolute atomic E-state index is 4.23. The first-order chi connectivity index (χ1) is 6.04. The molecule has 1 unspecified atom stereocenters. The van der Waals surface area contributed by atoms with Crippen LogP contribution in [0.5, 0.6) is 0 Å². The van der Waals surface area contributed by atoms with E-state index in [4.69, 9.17) is 0 Å².